The van der Waals surface area contributed by atoms with Gasteiger partial charge in [0.2, 0.25) is 0 Å². The van der Waals surface area contributed by atoms with E-state index < -0.39 is 0 Å². The van der Waals surface area contributed by atoms with Gasteiger partial charge in [-0.25, -0.2) is 0 Å². The number of halogens is 1. The Morgan fingerprint density at radius 2 is 2.50 bits per heavy atom. The molecule has 1 aromatic rings. The van der Waals surface area contributed by atoms with Crippen LogP contribution < -0.4 is 5.73 Å². The van der Waals surface area contributed by atoms with Gasteiger partial charge in [0, 0.05) is 15.0 Å². The molecule has 0 radical (unpaired) electrons. The van der Waals surface area contributed by atoms with Crippen LogP contribution in [-0.2, 0) is 6.54 Å². The minimum absolute atomic E-state index is 0.532. The molecule has 2 nitrogen and oxygen atoms in total. The van der Waals surface area contributed by atoms with Gasteiger partial charge in [-0.1, -0.05) is 0 Å². The molecule has 0 saturated heterocycles. The van der Waals surface area contributed by atoms with Crippen molar-refractivity contribution in [1.82, 2.24) is 0 Å². The summed E-state index contributed by atoms with van der Waals surface area (Å²) in [6, 6.07) is 3.94. The number of nitrogens with two attached hydrogens (primary N) is 1. The van der Waals surface area contributed by atoms with Crippen molar-refractivity contribution in [3.63, 3.8) is 0 Å². The highest BCUT2D eigenvalue weighted by molar-refractivity contribution is 14.1. The quantitative estimate of drug-likeness (QED) is 0.784. The zero-order valence-corrected chi connectivity index (χ0v) is 8.07. The summed E-state index contributed by atoms with van der Waals surface area (Å²) in [5.41, 5.74) is 5.41. The van der Waals surface area contributed by atoms with Gasteiger partial charge < -0.3 is 5.73 Å². The summed E-state index contributed by atoms with van der Waals surface area (Å²) >= 11 is 3.65. The Balaban J connectivity index is 3.07. The monoisotopic (exact) mass is 264 g/mol. The lowest BCUT2D eigenvalue weighted by atomic mass is 10.4. The van der Waals surface area contributed by atoms with E-state index in [0.29, 0.717) is 6.54 Å². The van der Waals surface area contributed by atoms with Crippen molar-refractivity contribution >= 4 is 33.9 Å². The number of hydrogen-bond donors (Lipinski definition) is 1. The van der Waals surface area contributed by atoms with Crippen LogP contribution in [0.2, 0.25) is 0 Å². The second-order valence-electron chi connectivity index (χ2n) is 1.70. The van der Waals surface area contributed by atoms with Crippen molar-refractivity contribution in [1.29, 1.82) is 5.26 Å². The van der Waals surface area contributed by atoms with E-state index >= 15 is 0 Å². The molecule has 4 heteroatoms. The average Bonchev–Trinajstić information content (AvgIpc) is 2.30. The second kappa shape index (κ2) is 3.32. The minimum atomic E-state index is 0.532. The number of nitriles is 1. The van der Waals surface area contributed by atoms with E-state index in [0.717, 1.165) is 13.3 Å². The van der Waals surface area contributed by atoms with Crippen LogP contribution in [0.4, 0.5) is 0 Å². The van der Waals surface area contributed by atoms with E-state index in [2.05, 4.69) is 28.7 Å². The minimum Gasteiger partial charge on any atom is -0.326 e. The molecular weight excluding hydrogens is 259 g/mol. The van der Waals surface area contributed by atoms with Crippen molar-refractivity contribution in [2.24, 2.45) is 5.73 Å². The zero-order chi connectivity index (χ0) is 7.56. The third-order valence-electron chi connectivity index (χ3n) is 1.05. The van der Waals surface area contributed by atoms with Gasteiger partial charge in [-0.3, -0.25) is 0 Å². The zero-order valence-electron chi connectivity index (χ0n) is 5.10. The highest BCUT2D eigenvalue weighted by atomic mass is 127. The first-order chi connectivity index (χ1) is 4.77. The van der Waals surface area contributed by atoms with Crippen molar-refractivity contribution in [2.75, 3.05) is 0 Å². The molecule has 0 aliphatic carbocycles. The summed E-state index contributed by atoms with van der Waals surface area (Å²) in [6.07, 6.45) is 0. The van der Waals surface area contributed by atoms with Crippen LogP contribution in [0, 0.1) is 14.9 Å². The largest absolute Gasteiger partial charge is 0.326 e. The fraction of sp³-hybridized carbons (Fsp3) is 0.167. The molecule has 0 spiro atoms. The molecule has 0 aromatic carbocycles. The Labute approximate surface area is 76.8 Å². The Bertz CT molecular complexity index is 274. The van der Waals surface area contributed by atoms with E-state index in [-0.39, 0.29) is 0 Å². The van der Waals surface area contributed by atoms with Gasteiger partial charge in [-0.05, 0) is 28.7 Å². The van der Waals surface area contributed by atoms with Crippen LogP contribution in [0.5, 0.6) is 0 Å². The fourth-order valence-electron chi connectivity index (χ4n) is 0.601. The molecule has 1 heterocycles. The molecule has 0 amide bonds. The van der Waals surface area contributed by atoms with E-state index in [9.17, 15) is 0 Å². The van der Waals surface area contributed by atoms with Crippen LogP contribution in [0.15, 0.2) is 6.07 Å². The lowest BCUT2D eigenvalue weighted by Gasteiger charge is -1.86. The average molecular weight is 264 g/mol. The normalized spacial score (nSPS) is 9.30. The fourth-order valence-corrected chi connectivity index (χ4v) is 2.40. The van der Waals surface area contributed by atoms with E-state index in [4.69, 9.17) is 11.0 Å². The molecule has 1 aromatic heterocycles. The summed E-state index contributed by atoms with van der Waals surface area (Å²) in [4.78, 5) is 1.84. The topological polar surface area (TPSA) is 49.8 Å². The molecule has 10 heavy (non-hydrogen) atoms. The van der Waals surface area contributed by atoms with Crippen LogP contribution >= 0.6 is 33.9 Å². The van der Waals surface area contributed by atoms with Crippen LogP contribution in [-0.4, -0.2) is 0 Å². The first kappa shape index (κ1) is 7.98. The number of thiophene rings is 1. The molecule has 2 N–H and O–H groups in total. The first-order valence-corrected chi connectivity index (χ1v) is 4.56. The first-order valence-electron chi connectivity index (χ1n) is 2.66. The SMILES string of the molecule is N#Cc1cc(I)c(CN)s1. The summed E-state index contributed by atoms with van der Waals surface area (Å²) < 4.78 is 1.10. The molecule has 0 fully saturated rings. The molecule has 0 saturated carbocycles. The number of hydrogen-bond acceptors (Lipinski definition) is 3. The molecular formula is C6H5IN2S. The van der Waals surface area contributed by atoms with Gasteiger partial charge in [0.05, 0.1) is 0 Å². The van der Waals surface area contributed by atoms with Gasteiger partial charge in [0.1, 0.15) is 10.9 Å². The summed E-state index contributed by atoms with van der Waals surface area (Å²) in [6.45, 7) is 0.532. The molecule has 0 aliphatic heterocycles. The Kier molecular flexibility index (Phi) is 2.65. The maximum absolute atomic E-state index is 8.49. The highest BCUT2D eigenvalue weighted by Crippen LogP contribution is 2.22. The Morgan fingerprint density at radius 3 is 2.80 bits per heavy atom. The Morgan fingerprint density at radius 1 is 1.80 bits per heavy atom. The van der Waals surface area contributed by atoms with Gasteiger partial charge in [-0.15, -0.1) is 11.3 Å². The lowest BCUT2D eigenvalue weighted by Crippen LogP contribution is -1.93. The maximum Gasteiger partial charge on any atom is 0.110 e. The van der Waals surface area contributed by atoms with Crippen LogP contribution in [0.1, 0.15) is 9.75 Å². The van der Waals surface area contributed by atoms with Crippen molar-refractivity contribution in [2.45, 2.75) is 6.54 Å². The summed E-state index contributed by atoms with van der Waals surface area (Å²) in [5, 5.41) is 8.49. The van der Waals surface area contributed by atoms with E-state index in [1.54, 1.807) is 0 Å². The molecule has 0 unspecified atom stereocenters. The smallest absolute Gasteiger partial charge is 0.110 e. The lowest BCUT2D eigenvalue weighted by molar-refractivity contribution is 1.10. The summed E-state index contributed by atoms with van der Waals surface area (Å²) in [5.74, 6) is 0. The van der Waals surface area contributed by atoms with Gasteiger partial charge >= 0.3 is 0 Å². The van der Waals surface area contributed by atoms with Crippen molar-refractivity contribution in [3.8, 4) is 6.07 Å². The number of nitrogens with zero attached hydrogens (tertiary/aromatic N) is 1. The summed E-state index contributed by atoms with van der Waals surface area (Å²) in [7, 11) is 0. The number of rotatable bonds is 1. The highest BCUT2D eigenvalue weighted by Gasteiger charge is 2.02. The molecule has 52 valence electrons. The van der Waals surface area contributed by atoms with E-state index in [1.165, 1.54) is 11.3 Å². The molecule has 1 rings (SSSR count). The van der Waals surface area contributed by atoms with Gasteiger partial charge in [-0.2, -0.15) is 5.26 Å². The second-order valence-corrected chi connectivity index (χ2v) is 4.00. The van der Waals surface area contributed by atoms with Crippen molar-refractivity contribution in [3.05, 3.63) is 19.4 Å². The van der Waals surface area contributed by atoms with Crippen LogP contribution in [0.3, 0.4) is 0 Å². The molecule has 0 bridgehead atoms. The maximum atomic E-state index is 8.49. The van der Waals surface area contributed by atoms with Gasteiger partial charge in [0.15, 0.2) is 0 Å². The van der Waals surface area contributed by atoms with Crippen LogP contribution in [0.25, 0.3) is 0 Å². The molecule has 0 atom stereocenters. The predicted molar refractivity (Wildman–Crippen MR) is 49.6 cm³/mol. The standard InChI is InChI=1S/C6H5IN2S/c7-5-1-4(2-8)10-6(5)3-9/h1H,3,9H2. The van der Waals surface area contributed by atoms with Crippen molar-refractivity contribution < 1.29 is 0 Å². The van der Waals surface area contributed by atoms with Gasteiger partial charge in [0.25, 0.3) is 0 Å². The molecule has 0 aliphatic rings. The third kappa shape index (κ3) is 1.48. The van der Waals surface area contributed by atoms with E-state index in [1.807, 2.05) is 6.07 Å². The predicted octanol–water partition coefficient (Wildman–Crippen LogP) is 1.68. The third-order valence-corrected chi connectivity index (χ3v) is 3.44. The Hall–Kier alpha value is -0.120.